The summed E-state index contributed by atoms with van der Waals surface area (Å²) in [6.45, 7) is 6.99. The summed E-state index contributed by atoms with van der Waals surface area (Å²) in [7, 11) is 1.97. The molecule has 2 heterocycles. The van der Waals surface area contributed by atoms with Crippen LogP contribution in [0.25, 0.3) is 33.3 Å². The third kappa shape index (κ3) is 6.34. The molecule has 4 aromatic rings. The fourth-order valence-electron chi connectivity index (χ4n) is 4.61. The van der Waals surface area contributed by atoms with Crippen LogP contribution in [0.15, 0.2) is 73.1 Å². The van der Waals surface area contributed by atoms with Gasteiger partial charge in [-0.1, -0.05) is 18.2 Å². The number of rotatable bonds is 7. The lowest BCUT2D eigenvalue weighted by Crippen LogP contribution is -2.37. The standard InChI is InChI=1S/C31H33FN4O3/c1-6-7-8-23-25(35-26(37)19-34-30(38)39-31(2,3)4)14-13-24-27(20-15-17-33-18-16-20)28(36(5)29(23)24)21-9-11-22(32)12-10-21/h6-7,9-18H,8,19H2,1-5H3,(H,34,38)(H,35,37)/b7-6+. The number of aromatic nitrogens is 2. The Balaban J connectivity index is 1.81. The van der Waals surface area contributed by atoms with Crippen molar-refractivity contribution in [3.8, 4) is 22.4 Å². The van der Waals surface area contributed by atoms with E-state index in [2.05, 4.69) is 20.2 Å². The minimum Gasteiger partial charge on any atom is -0.444 e. The number of hydrogen-bond donors (Lipinski definition) is 2. The Morgan fingerprint density at radius 1 is 1.03 bits per heavy atom. The van der Waals surface area contributed by atoms with Crippen molar-refractivity contribution in [2.75, 3.05) is 11.9 Å². The van der Waals surface area contributed by atoms with Gasteiger partial charge in [-0.15, -0.1) is 0 Å². The van der Waals surface area contributed by atoms with Gasteiger partial charge in [-0.05, 0) is 87.7 Å². The monoisotopic (exact) mass is 528 g/mol. The molecule has 0 saturated carbocycles. The van der Waals surface area contributed by atoms with E-state index in [0.717, 1.165) is 38.9 Å². The largest absolute Gasteiger partial charge is 0.444 e. The number of anilines is 1. The highest BCUT2D eigenvalue weighted by Crippen LogP contribution is 2.43. The van der Waals surface area contributed by atoms with Crippen molar-refractivity contribution in [1.82, 2.24) is 14.9 Å². The molecule has 0 unspecified atom stereocenters. The minimum absolute atomic E-state index is 0.230. The SMILES string of the molecule is C/C=C/Cc1c(NC(=O)CNC(=O)OC(C)(C)C)ccc2c(-c3ccncc3)c(-c3ccc(F)cc3)n(C)c12. The number of hydrogen-bond acceptors (Lipinski definition) is 4. The number of nitrogens with one attached hydrogen (secondary N) is 2. The van der Waals surface area contributed by atoms with Gasteiger partial charge in [-0.2, -0.15) is 0 Å². The van der Waals surface area contributed by atoms with Crippen molar-refractivity contribution in [3.63, 3.8) is 0 Å². The van der Waals surface area contributed by atoms with Gasteiger partial charge in [-0.25, -0.2) is 9.18 Å². The number of carbonyl (C=O) groups is 2. The number of amides is 2. The lowest BCUT2D eigenvalue weighted by atomic mass is 9.97. The fourth-order valence-corrected chi connectivity index (χ4v) is 4.61. The zero-order chi connectivity index (χ0) is 28.2. The van der Waals surface area contributed by atoms with Crippen LogP contribution in [0.5, 0.6) is 0 Å². The van der Waals surface area contributed by atoms with E-state index >= 15 is 0 Å². The van der Waals surface area contributed by atoms with E-state index < -0.39 is 11.7 Å². The zero-order valence-corrected chi connectivity index (χ0v) is 22.8. The Bertz CT molecular complexity index is 1520. The summed E-state index contributed by atoms with van der Waals surface area (Å²) in [5, 5.41) is 6.45. The number of nitrogens with zero attached hydrogens (tertiary/aromatic N) is 2. The predicted octanol–water partition coefficient (Wildman–Crippen LogP) is 6.63. The molecule has 202 valence electrons. The average molecular weight is 529 g/mol. The topological polar surface area (TPSA) is 85.2 Å². The van der Waals surface area contributed by atoms with Crippen molar-refractivity contribution < 1.29 is 18.7 Å². The van der Waals surface area contributed by atoms with Crippen molar-refractivity contribution in [2.24, 2.45) is 7.05 Å². The molecule has 0 aliphatic rings. The Labute approximate surface area is 227 Å². The molecule has 0 spiro atoms. The Kier molecular flexibility index (Phi) is 8.14. The summed E-state index contributed by atoms with van der Waals surface area (Å²) in [5.74, 6) is -0.675. The van der Waals surface area contributed by atoms with E-state index in [-0.39, 0.29) is 18.3 Å². The molecule has 0 aliphatic heterocycles. The molecule has 0 saturated heterocycles. The first-order valence-corrected chi connectivity index (χ1v) is 12.8. The second-order valence-corrected chi connectivity index (χ2v) is 10.2. The van der Waals surface area contributed by atoms with Crippen LogP contribution >= 0.6 is 0 Å². The molecular weight excluding hydrogens is 495 g/mol. The number of benzene rings is 2. The van der Waals surface area contributed by atoms with E-state index in [1.807, 2.05) is 50.4 Å². The number of carbonyl (C=O) groups excluding carboxylic acids is 2. The van der Waals surface area contributed by atoms with E-state index in [4.69, 9.17) is 4.74 Å². The molecule has 2 N–H and O–H groups in total. The molecule has 4 rings (SSSR count). The van der Waals surface area contributed by atoms with Gasteiger partial charge in [0, 0.05) is 41.6 Å². The van der Waals surface area contributed by atoms with E-state index in [9.17, 15) is 14.0 Å². The summed E-state index contributed by atoms with van der Waals surface area (Å²) < 4.78 is 21.1. The van der Waals surface area contributed by atoms with Gasteiger partial charge in [0.1, 0.15) is 18.0 Å². The number of pyridine rings is 1. The van der Waals surface area contributed by atoms with Crippen LogP contribution in [-0.2, 0) is 23.0 Å². The molecule has 2 aromatic carbocycles. The summed E-state index contributed by atoms with van der Waals surface area (Å²) in [5.41, 5.74) is 5.60. The van der Waals surface area contributed by atoms with Gasteiger partial charge in [0.05, 0.1) is 11.2 Å². The maximum Gasteiger partial charge on any atom is 0.408 e. The quantitative estimate of drug-likeness (QED) is 0.264. The van der Waals surface area contributed by atoms with Crippen LogP contribution in [0.4, 0.5) is 14.9 Å². The summed E-state index contributed by atoms with van der Waals surface area (Å²) in [4.78, 5) is 29.0. The van der Waals surface area contributed by atoms with Gasteiger partial charge in [0.25, 0.3) is 0 Å². The van der Waals surface area contributed by atoms with Crippen LogP contribution in [0.3, 0.4) is 0 Å². The molecule has 0 atom stereocenters. The van der Waals surface area contributed by atoms with Gasteiger partial charge in [-0.3, -0.25) is 9.78 Å². The number of aryl methyl sites for hydroxylation is 1. The third-order valence-electron chi connectivity index (χ3n) is 6.17. The first kappa shape index (κ1) is 27.6. The maximum absolute atomic E-state index is 13.8. The van der Waals surface area contributed by atoms with E-state index in [0.29, 0.717) is 12.1 Å². The minimum atomic E-state index is -0.660. The van der Waals surface area contributed by atoms with Crippen molar-refractivity contribution in [2.45, 2.75) is 39.7 Å². The summed E-state index contributed by atoms with van der Waals surface area (Å²) in [6, 6.07) is 14.2. The third-order valence-corrected chi connectivity index (χ3v) is 6.17. The van der Waals surface area contributed by atoms with Crippen molar-refractivity contribution in [3.05, 3.63) is 84.5 Å². The van der Waals surface area contributed by atoms with E-state index in [1.54, 1.807) is 45.3 Å². The maximum atomic E-state index is 13.8. The summed E-state index contributed by atoms with van der Waals surface area (Å²) >= 11 is 0. The Morgan fingerprint density at radius 3 is 2.36 bits per heavy atom. The first-order chi connectivity index (χ1) is 18.6. The van der Waals surface area contributed by atoms with Crippen LogP contribution < -0.4 is 10.6 Å². The van der Waals surface area contributed by atoms with Gasteiger partial charge in [0.15, 0.2) is 0 Å². The molecule has 7 nitrogen and oxygen atoms in total. The molecule has 8 heteroatoms. The molecule has 39 heavy (non-hydrogen) atoms. The fraction of sp³-hybridized carbons (Fsp3) is 0.258. The number of halogens is 1. The highest BCUT2D eigenvalue weighted by atomic mass is 19.1. The highest BCUT2D eigenvalue weighted by Gasteiger charge is 2.23. The van der Waals surface area contributed by atoms with Crippen LogP contribution in [0.1, 0.15) is 33.3 Å². The van der Waals surface area contributed by atoms with Gasteiger partial charge < -0.3 is 19.9 Å². The number of allylic oxidation sites excluding steroid dienone is 2. The van der Waals surface area contributed by atoms with Gasteiger partial charge >= 0.3 is 6.09 Å². The second-order valence-electron chi connectivity index (χ2n) is 10.2. The van der Waals surface area contributed by atoms with E-state index in [1.165, 1.54) is 12.1 Å². The summed E-state index contributed by atoms with van der Waals surface area (Å²) in [6.07, 6.45) is 7.39. The smallest absolute Gasteiger partial charge is 0.408 e. The first-order valence-electron chi connectivity index (χ1n) is 12.8. The van der Waals surface area contributed by atoms with Crippen LogP contribution in [0.2, 0.25) is 0 Å². The molecule has 0 bridgehead atoms. The number of alkyl carbamates (subject to hydrolysis) is 1. The van der Waals surface area contributed by atoms with Gasteiger partial charge in [0.2, 0.25) is 5.91 Å². The molecule has 2 amide bonds. The Morgan fingerprint density at radius 2 is 1.72 bits per heavy atom. The molecular formula is C31H33FN4O3. The second kappa shape index (κ2) is 11.5. The lowest BCUT2D eigenvalue weighted by Gasteiger charge is -2.19. The molecule has 0 aliphatic carbocycles. The predicted molar refractivity (Wildman–Crippen MR) is 153 cm³/mol. The van der Waals surface area contributed by atoms with Crippen molar-refractivity contribution in [1.29, 1.82) is 0 Å². The normalized spacial score (nSPS) is 11.6. The number of fused-ring (bicyclic) bond motifs is 1. The molecule has 2 aromatic heterocycles. The molecule has 0 radical (unpaired) electrons. The number of ether oxygens (including phenoxy) is 1. The van der Waals surface area contributed by atoms with Crippen LogP contribution in [-0.4, -0.2) is 33.7 Å². The Hall–Kier alpha value is -4.46. The highest BCUT2D eigenvalue weighted by molar-refractivity contribution is 6.08. The average Bonchev–Trinajstić information content (AvgIpc) is 3.19. The van der Waals surface area contributed by atoms with Crippen LogP contribution in [0, 0.1) is 5.82 Å². The zero-order valence-electron chi connectivity index (χ0n) is 22.8. The lowest BCUT2D eigenvalue weighted by molar-refractivity contribution is -0.115. The van der Waals surface area contributed by atoms with Crippen molar-refractivity contribution >= 4 is 28.6 Å². The molecule has 0 fully saturated rings.